The van der Waals surface area contributed by atoms with E-state index in [9.17, 15) is 24.0 Å². The van der Waals surface area contributed by atoms with E-state index in [2.05, 4.69) is 10.6 Å². The number of rotatable bonds is 12. The molecule has 0 unspecified atom stereocenters. The first-order valence-corrected chi connectivity index (χ1v) is 12.9. The van der Waals surface area contributed by atoms with Gasteiger partial charge in [-0.05, 0) is 25.0 Å². The first-order chi connectivity index (χ1) is 19.3. The quantitative estimate of drug-likeness (QED) is 0.233. The number of ether oxygens (including phenoxy) is 3. The molecule has 2 aromatic rings. The maximum absolute atomic E-state index is 14.0. The average molecular weight is 552 g/mol. The Balaban J connectivity index is 1.88. The van der Waals surface area contributed by atoms with Crippen molar-refractivity contribution in [2.24, 2.45) is 0 Å². The van der Waals surface area contributed by atoms with Crippen LogP contribution in [-0.2, 0) is 46.4 Å². The van der Waals surface area contributed by atoms with Crippen LogP contribution >= 0.6 is 0 Å². The Morgan fingerprint density at radius 1 is 0.900 bits per heavy atom. The van der Waals surface area contributed by atoms with Crippen LogP contribution in [0.5, 0.6) is 0 Å². The summed E-state index contributed by atoms with van der Waals surface area (Å²) in [6.45, 7) is 2.63. The highest BCUT2D eigenvalue weighted by molar-refractivity contribution is 5.98. The van der Waals surface area contributed by atoms with Crippen molar-refractivity contribution in [3.8, 4) is 0 Å². The molecule has 0 bridgehead atoms. The predicted octanol–water partition coefficient (Wildman–Crippen LogP) is 2.25. The molecule has 3 amide bonds. The van der Waals surface area contributed by atoms with Crippen molar-refractivity contribution in [3.05, 3.63) is 83.6 Å². The third-order valence-corrected chi connectivity index (χ3v) is 5.99. The molecule has 2 N–H and O–H groups in total. The molecule has 212 valence electrons. The van der Waals surface area contributed by atoms with Gasteiger partial charge in [0.05, 0.1) is 13.2 Å². The molecule has 2 aromatic carbocycles. The van der Waals surface area contributed by atoms with Crippen LogP contribution in [-0.4, -0.2) is 66.6 Å². The first kappa shape index (κ1) is 29.9. The van der Waals surface area contributed by atoms with E-state index in [-0.39, 0.29) is 44.9 Å². The van der Waals surface area contributed by atoms with Gasteiger partial charge in [-0.3, -0.25) is 14.4 Å². The maximum atomic E-state index is 14.0. The van der Waals surface area contributed by atoms with E-state index in [4.69, 9.17) is 14.2 Å². The molecule has 0 radical (unpaired) electrons. The number of hydrogen-bond donors (Lipinski definition) is 2. The maximum Gasteiger partial charge on any atom is 0.408 e. The molecule has 11 heteroatoms. The minimum atomic E-state index is -1.56. The number of carbonyl (C=O) groups excluding carboxylic acids is 5. The summed E-state index contributed by atoms with van der Waals surface area (Å²) < 4.78 is 15.2. The van der Waals surface area contributed by atoms with E-state index in [1.807, 2.05) is 24.3 Å². The van der Waals surface area contributed by atoms with Crippen molar-refractivity contribution in [3.63, 3.8) is 0 Å². The Bertz CT molecular complexity index is 1230. The van der Waals surface area contributed by atoms with Gasteiger partial charge >= 0.3 is 18.0 Å². The highest BCUT2D eigenvalue weighted by atomic mass is 16.5. The fraction of sp³-hybridized carbons (Fsp3) is 0.345. The number of nitrogens with zero attached hydrogens (tertiary/aromatic N) is 1. The third kappa shape index (κ3) is 8.42. The summed E-state index contributed by atoms with van der Waals surface area (Å²) in [4.78, 5) is 64.8. The zero-order valence-corrected chi connectivity index (χ0v) is 22.5. The zero-order valence-electron chi connectivity index (χ0n) is 22.5. The Kier molecular flexibility index (Phi) is 10.8. The van der Waals surface area contributed by atoms with Crippen molar-refractivity contribution < 1.29 is 38.2 Å². The van der Waals surface area contributed by atoms with Crippen LogP contribution in [0.4, 0.5) is 4.79 Å². The molecular formula is C29H33N3O8. The number of esters is 2. The van der Waals surface area contributed by atoms with Crippen LogP contribution in [0.1, 0.15) is 31.4 Å². The number of amides is 3. The summed E-state index contributed by atoms with van der Waals surface area (Å²) in [5.41, 5.74) is 0.113. The van der Waals surface area contributed by atoms with Gasteiger partial charge in [-0.2, -0.15) is 0 Å². The summed E-state index contributed by atoms with van der Waals surface area (Å²) in [5, 5.41) is 5.12. The lowest BCUT2D eigenvalue weighted by atomic mass is 9.88. The first-order valence-electron chi connectivity index (χ1n) is 12.9. The van der Waals surface area contributed by atoms with Gasteiger partial charge in [0, 0.05) is 24.6 Å². The number of hydrogen-bond acceptors (Lipinski definition) is 8. The van der Waals surface area contributed by atoms with E-state index in [0.29, 0.717) is 0 Å². The molecule has 1 heterocycles. The fourth-order valence-corrected chi connectivity index (χ4v) is 4.25. The Morgan fingerprint density at radius 3 is 2.15 bits per heavy atom. The molecule has 0 spiro atoms. The van der Waals surface area contributed by atoms with Crippen molar-refractivity contribution in [1.82, 2.24) is 15.5 Å². The third-order valence-electron chi connectivity index (χ3n) is 5.99. The van der Waals surface area contributed by atoms with Crippen LogP contribution in [0.25, 0.3) is 0 Å². The highest BCUT2D eigenvalue weighted by Crippen LogP contribution is 2.35. The summed E-state index contributed by atoms with van der Waals surface area (Å²) in [6, 6.07) is 18.1. The lowest BCUT2D eigenvalue weighted by Gasteiger charge is -2.28. The summed E-state index contributed by atoms with van der Waals surface area (Å²) in [7, 11) is 0. The van der Waals surface area contributed by atoms with Gasteiger partial charge in [-0.1, -0.05) is 60.7 Å². The number of alkyl carbamates (subject to hydrolysis) is 1. The van der Waals surface area contributed by atoms with E-state index in [1.165, 1.54) is 0 Å². The molecule has 11 nitrogen and oxygen atoms in total. The normalized spacial score (nSPS) is 17.3. The molecule has 1 aliphatic rings. The minimum Gasteiger partial charge on any atom is -0.465 e. The van der Waals surface area contributed by atoms with Crippen molar-refractivity contribution in [2.75, 3.05) is 26.3 Å². The van der Waals surface area contributed by atoms with Gasteiger partial charge in [0.25, 0.3) is 5.91 Å². The van der Waals surface area contributed by atoms with E-state index >= 15 is 0 Å². The average Bonchev–Trinajstić information content (AvgIpc) is 3.17. The van der Waals surface area contributed by atoms with Crippen LogP contribution < -0.4 is 10.6 Å². The van der Waals surface area contributed by atoms with Crippen LogP contribution in [0, 0.1) is 0 Å². The molecule has 1 saturated heterocycles. The Morgan fingerprint density at radius 2 is 1.52 bits per heavy atom. The molecule has 0 saturated carbocycles. The number of benzene rings is 2. The largest absolute Gasteiger partial charge is 0.465 e. The lowest BCUT2D eigenvalue weighted by Crippen LogP contribution is -2.56. The molecule has 1 fully saturated rings. The van der Waals surface area contributed by atoms with Crippen molar-refractivity contribution >= 4 is 29.8 Å². The number of carbonyl (C=O) groups is 5. The molecular weight excluding hydrogens is 518 g/mol. The minimum absolute atomic E-state index is 0.0201. The molecule has 1 aliphatic heterocycles. The summed E-state index contributed by atoms with van der Waals surface area (Å²) >= 11 is 0. The van der Waals surface area contributed by atoms with Gasteiger partial charge < -0.3 is 29.7 Å². The second-order valence-corrected chi connectivity index (χ2v) is 8.97. The number of likely N-dealkylation sites (tertiary alicyclic amines) is 1. The Labute approximate surface area is 232 Å². The predicted molar refractivity (Wildman–Crippen MR) is 143 cm³/mol. The standard InChI is InChI=1S/C29H33N3O8/c1-3-38-25(34)15-23-17-29(16-21-11-7-5-8-12-21,31-28(37)40-20-22-13-9-6-10-14-22)27(36)32(23)19-24(33)30-18-26(35)39-4-2/h5-15H,3-4,16-20H2,1-2H3,(H,30,33)(H,31,37)/b23-15+/t29-/m1/s1. The smallest absolute Gasteiger partial charge is 0.408 e. The van der Waals surface area contributed by atoms with Crippen LogP contribution in [0.3, 0.4) is 0 Å². The van der Waals surface area contributed by atoms with E-state index in [1.54, 1.807) is 50.2 Å². The molecule has 0 aromatic heterocycles. The van der Waals surface area contributed by atoms with Crippen LogP contribution in [0.2, 0.25) is 0 Å². The Hall–Kier alpha value is -4.67. The molecule has 1 atom stereocenters. The van der Waals surface area contributed by atoms with Crippen molar-refractivity contribution in [1.29, 1.82) is 0 Å². The van der Waals surface area contributed by atoms with Gasteiger partial charge in [0.1, 0.15) is 25.2 Å². The fourth-order valence-electron chi connectivity index (χ4n) is 4.25. The van der Waals surface area contributed by atoms with Gasteiger partial charge in [0.15, 0.2) is 0 Å². The molecule has 0 aliphatic carbocycles. The second-order valence-electron chi connectivity index (χ2n) is 8.97. The SMILES string of the molecule is CCOC(=O)/C=C1\C[C@@](Cc2ccccc2)(NC(=O)OCc2ccccc2)C(=O)N1CC(=O)NCC(=O)OCC. The topological polar surface area (TPSA) is 140 Å². The summed E-state index contributed by atoms with van der Waals surface area (Å²) in [6.07, 6.45) is 0.251. The number of nitrogens with one attached hydrogen (secondary N) is 2. The van der Waals surface area contributed by atoms with E-state index < -0.39 is 41.9 Å². The van der Waals surface area contributed by atoms with Gasteiger partial charge in [0.2, 0.25) is 5.91 Å². The summed E-state index contributed by atoms with van der Waals surface area (Å²) in [5.74, 6) is -2.61. The monoisotopic (exact) mass is 551 g/mol. The van der Waals surface area contributed by atoms with Crippen molar-refractivity contribution in [2.45, 2.75) is 38.8 Å². The van der Waals surface area contributed by atoms with Gasteiger partial charge in [-0.15, -0.1) is 0 Å². The van der Waals surface area contributed by atoms with Crippen LogP contribution in [0.15, 0.2) is 72.4 Å². The zero-order chi connectivity index (χ0) is 29.0. The highest BCUT2D eigenvalue weighted by Gasteiger charge is 2.51. The molecule has 3 rings (SSSR count). The van der Waals surface area contributed by atoms with E-state index in [0.717, 1.165) is 22.1 Å². The lowest BCUT2D eigenvalue weighted by molar-refractivity contribution is -0.143. The second kappa shape index (κ2) is 14.5. The van der Waals surface area contributed by atoms with Gasteiger partial charge in [-0.25, -0.2) is 9.59 Å². The molecule has 40 heavy (non-hydrogen) atoms.